The van der Waals surface area contributed by atoms with Crippen LogP contribution in [0.15, 0.2) is 6.07 Å². The molecule has 0 unspecified atom stereocenters. The molecule has 0 aromatic carbocycles. The molecule has 0 bridgehead atoms. The first-order chi connectivity index (χ1) is 6.83. The van der Waals surface area contributed by atoms with Gasteiger partial charge in [-0.2, -0.15) is 5.26 Å². The molecule has 1 aromatic heterocycles. The zero-order valence-corrected chi connectivity index (χ0v) is 9.13. The van der Waals surface area contributed by atoms with E-state index < -0.39 is 17.8 Å². The molecule has 4 nitrogen and oxygen atoms in total. The summed E-state index contributed by atoms with van der Waals surface area (Å²) >= 11 is 1.69. The van der Waals surface area contributed by atoms with Crippen molar-refractivity contribution in [2.45, 2.75) is 6.36 Å². The number of nitrogen functional groups attached to an aromatic ring is 1. The van der Waals surface area contributed by atoms with E-state index in [-0.39, 0.29) is 9.39 Å². The van der Waals surface area contributed by atoms with Crippen molar-refractivity contribution in [3.63, 3.8) is 0 Å². The summed E-state index contributed by atoms with van der Waals surface area (Å²) in [6.45, 7) is 0. The second-order valence-corrected chi connectivity index (χ2v) is 3.52. The van der Waals surface area contributed by atoms with Gasteiger partial charge >= 0.3 is 6.36 Å². The largest absolute Gasteiger partial charge is 0.573 e. The van der Waals surface area contributed by atoms with Gasteiger partial charge in [0.15, 0.2) is 11.4 Å². The lowest BCUT2D eigenvalue weighted by atomic mass is 10.3. The molecule has 2 N–H and O–H groups in total. The molecule has 8 heteroatoms. The second kappa shape index (κ2) is 4.09. The number of alkyl halides is 3. The van der Waals surface area contributed by atoms with Gasteiger partial charge in [-0.15, -0.1) is 13.2 Å². The van der Waals surface area contributed by atoms with Gasteiger partial charge in [0.05, 0.1) is 3.57 Å². The SMILES string of the molecule is N#Cc1nc(N)c(I)cc1OC(F)(F)F. The molecule has 0 amide bonds. The maximum atomic E-state index is 11.9. The number of hydrogen-bond donors (Lipinski definition) is 1. The van der Waals surface area contributed by atoms with Crippen LogP contribution in [0.25, 0.3) is 0 Å². The van der Waals surface area contributed by atoms with Crippen molar-refractivity contribution < 1.29 is 17.9 Å². The van der Waals surface area contributed by atoms with E-state index in [1.54, 1.807) is 22.6 Å². The molecule has 0 aliphatic carbocycles. The Morgan fingerprint density at radius 3 is 2.60 bits per heavy atom. The topological polar surface area (TPSA) is 71.9 Å². The van der Waals surface area contributed by atoms with Gasteiger partial charge in [-0.05, 0) is 22.6 Å². The molecule has 1 rings (SSSR count). The Balaban J connectivity index is 3.18. The van der Waals surface area contributed by atoms with Gasteiger partial charge in [-0.3, -0.25) is 0 Å². The molecular weight excluding hydrogens is 326 g/mol. The smallest absolute Gasteiger partial charge is 0.403 e. The third-order valence-electron chi connectivity index (χ3n) is 1.30. The third-order valence-corrected chi connectivity index (χ3v) is 2.16. The van der Waals surface area contributed by atoms with Gasteiger partial charge in [0.1, 0.15) is 11.9 Å². The number of pyridine rings is 1. The summed E-state index contributed by atoms with van der Waals surface area (Å²) in [4.78, 5) is 3.46. The Kier molecular flexibility index (Phi) is 3.23. The summed E-state index contributed by atoms with van der Waals surface area (Å²) in [6.07, 6.45) is -4.85. The van der Waals surface area contributed by atoms with E-state index in [1.807, 2.05) is 0 Å². The minimum absolute atomic E-state index is 0.0123. The zero-order valence-electron chi connectivity index (χ0n) is 6.97. The standard InChI is InChI=1S/C7H3F3IN3O/c8-7(9,10)15-5-1-3(11)6(13)14-4(5)2-12/h1H,(H2,13,14). The monoisotopic (exact) mass is 329 g/mol. The molecular formula is C7H3F3IN3O. The average molecular weight is 329 g/mol. The fraction of sp³-hybridized carbons (Fsp3) is 0.143. The molecule has 0 radical (unpaired) electrons. The minimum Gasteiger partial charge on any atom is -0.403 e. The maximum Gasteiger partial charge on any atom is 0.573 e. The summed E-state index contributed by atoms with van der Waals surface area (Å²) in [7, 11) is 0. The Bertz CT molecular complexity index is 427. The van der Waals surface area contributed by atoms with Crippen LogP contribution in [-0.2, 0) is 0 Å². The van der Waals surface area contributed by atoms with E-state index in [4.69, 9.17) is 11.0 Å². The lowest BCUT2D eigenvalue weighted by Gasteiger charge is -2.10. The molecule has 0 saturated heterocycles. The molecule has 1 aromatic rings. The molecule has 0 aliphatic rings. The highest BCUT2D eigenvalue weighted by Gasteiger charge is 2.32. The van der Waals surface area contributed by atoms with Crippen LogP contribution in [0.1, 0.15) is 5.69 Å². The highest BCUT2D eigenvalue weighted by atomic mass is 127. The van der Waals surface area contributed by atoms with Crippen molar-refractivity contribution in [2.75, 3.05) is 5.73 Å². The van der Waals surface area contributed by atoms with Crippen LogP contribution in [0.2, 0.25) is 0 Å². The summed E-state index contributed by atoms with van der Waals surface area (Å²) in [5.41, 5.74) is 4.83. The number of nitrogens with two attached hydrogens (primary N) is 1. The lowest BCUT2D eigenvalue weighted by Crippen LogP contribution is -2.18. The molecule has 0 aliphatic heterocycles. The lowest BCUT2D eigenvalue weighted by molar-refractivity contribution is -0.274. The number of hydrogen-bond acceptors (Lipinski definition) is 4. The summed E-state index contributed by atoms with van der Waals surface area (Å²) in [6, 6.07) is 2.48. The normalized spacial score (nSPS) is 10.9. The Morgan fingerprint density at radius 1 is 1.53 bits per heavy atom. The van der Waals surface area contributed by atoms with Gasteiger partial charge < -0.3 is 10.5 Å². The van der Waals surface area contributed by atoms with Gasteiger partial charge in [0.2, 0.25) is 0 Å². The summed E-state index contributed by atoms with van der Waals surface area (Å²) in [5.74, 6) is -0.662. The Labute approximate surface area is 96.0 Å². The third kappa shape index (κ3) is 3.12. The average Bonchev–Trinajstić information content (AvgIpc) is 2.08. The number of anilines is 1. The number of aromatic nitrogens is 1. The summed E-state index contributed by atoms with van der Waals surface area (Å²) < 4.78 is 39.6. The van der Waals surface area contributed by atoms with Crippen LogP contribution in [0.3, 0.4) is 0 Å². The zero-order chi connectivity index (χ0) is 11.6. The van der Waals surface area contributed by atoms with E-state index in [1.165, 1.54) is 6.07 Å². The number of nitrogens with zero attached hydrogens (tertiary/aromatic N) is 2. The molecule has 0 saturated carbocycles. The van der Waals surface area contributed by atoms with Crippen molar-refractivity contribution in [2.24, 2.45) is 0 Å². The molecule has 15 heavy (non-hydrogen) atoms. The maximum absolute atomic E-state index is 11.9. The fourth-order valence-corrected chi connectivity index (χ4v) is 1.17. The van der Waals surface area contributed by atoms with Gasteiger partial charge in [-0.1, -0.05) is 0 Å². The predicted molar refractivity (Wildman–Crippen MR) is 52.8 cm³/mol. The molecule has 0 fully saturated rings. The van der Waals surface area contributed by atoms with E-state index in [2.05, 4.69) is 9.72 Å². The van der Waals surface area contributed by atoms with Crippen molar-refractivity contribution in [3.05, 3.63) is 15.3 Å². The van der Waals surface area contributed by atoms with E-state index >= 15 is 0 Å². The molecule has 1 heterocycles. The molecule has 0 spiro atoms. The Hall–Kier alpha value is -1.24. The van der Waals surface area contributed by atoms with Crippen LogP contribution in [0.4, 0.5) is 19.0 Å². The first-order valence-electron chi connectivity index (χ1n) is 3.45. The number of ether oxygens (including phenoxy) is 1. The minimum atomic E-state index is -4.85. The predicted octanol–water partition coefficient (Wildman–Crippen LogP) is 2.04. The van der Waals surface area contributed by atoms with Crippen LogP contribution in [0.5, 0.6) is 5.75 Å². The van der Waals surface area contributed by atoms with E-state index in [0.29, 0.717) is 0 Å². The first-order valence-corrected chi connectivity index (χ1v) is 4.53. The van der Waals surface area contributed by atoms with Crippen molar-refractivity contribution in [1.82, 2.24) is 4.98 Å². The summed E-state index contributed by atoms with van der Waals surface area (Å²) in [5, 5.41) is 8.51. The molecule has 80 valence electrons. The first kappa shape index (κ1) is 11.8. The van der Waals surface area contributed by atoms with E-state index in [0.717, 1.165) is 6.07 Å². The van der Waals surface area contributed by atoms with Crippen molar-refractivity contribution in [1.29, 1.82) is 5.26 Å². The van der Waals surface area contributed by atoms with Crippen LogP contribution >= 0.6 is 22.6 Å². The highest BCUT2D eigenvalue weighted by Crippen LogP contribution is 2.28. The van der Waals surface area contributed by atoms with Crippen molar-refractivity contribution >= 4 is 28.4 Å². The van der Waals surface area contributed by atoms with Gasteiger partial charge in [-0.25, -0.2) is 4.98 Å². The number of rotatable bonds is 1. The number of nitriles is 1. The van der Waals surface area contributed by atoms with Gasteiger partial charge in [0, 0.05) is 6.07 Å². The number of halogens is 4. The molecule has 0 atom stereocenters. The van der Waals surface area contributed by atoms with Crippen molar-refractivity contribution in [3.8, 4) is 11.8 Å². The van der Waals surface area contributed by atoms with Crippen LogP contribution in [0, 0.1) is 14.9 Å². The van der Waals surface area contributed by atoms with Crippen LogP contribution in [-0.4, -0.2) is 11.3 Å². The highest BCUT2D eigenvalue weighted by molar-refractivity contribution is 14.1. The van der Waals surface area contributed by atoms with Crippen LogP contribution < -0.4 is 10.5 Å². The fourth-order valence-electron chi connectivity index (χ4n) is 0.769. The second-order valence-electron chi connectivity index (χ2n) is 2.36. The van der Waals surface area contributed by atoms with E-state index in [9.17, 15) is 13.2 Å². The quantitative estimate of drug-likeness (QED) is 0.801. The Morgan fingerprint density at radius 2 is 2.13 bits per heavy atom. The van der Waals surface area contributed by atoms with Gasteiger partial charge in [0.25, 0.3) is 0 Å².